The topological polar surface area (TPSA) is 43.6 Å². The second-order valence-corrected chi connectivity index (χ2v) is 19.9. The Morgan fingerprint density at radius 2 is 0.879 bits per heavy atom. The Kier molecular flexibility index (Phi) is 7.91. The highest BCUT2D eigenvalue weighted by Gasteiger charge is 2.39. The van der Waals surface area contributed by atoms with Crippen molar-refractivity contribution in [3.8, 4) is 73.2 Å². The van der Waals surface area contributed by atoms with Crippen LogP contribution in [0, 0.1) is 0 Å². The molecule has 0 unspecified atom stereocenters. The molecule has 4 nitrogen and oxygen atoms in total. The molecule has 1 aliphatic heterocycles. The van der Waals surface area contributed by atoms with Crippen molar-refractivity contribution in [3.05, 3.63) is 194 Å². The van der Waals surface area contributed by atoms with Gasteiger partial charge in [0.2, 0.25) is 0 Å². The van der Waals surface area contributed by atoms with E-state index < -0.39 is 8.07 Å². The van der Waals surface area contributed by atoms with Crippen molar-refractivity contribution in [1.82, 2.24) is 19.5 Å². The fourth-order valence-electron chi connectivity index (χ4n) is 9.08. The molecule has 0 fully saturated rings. The van der Waals surface area contributed by atoms with Gasteiger partial charge in [-0.05, 0) is 80.2 Å². The third-order valence-electron chi connectivity index (χ3n) is 11.8. The summed E-state index contributed by atoms with van der Waals surface area (Å²) in [5.41, 5.74) is 14.0. The van der Waals surface area contributed by atoms with Gasteiger partial charge in [0.05, 0.1) is 11.0 Å². The van der Waals surface area contributed by atoms with Crippen molar-refractivity contribution in [2.75, 3.05) is 0 Å². The van der Waals surface area contributed by atoms with Gasteiger partial charge in [-0.3, -0.25) is 0 Å². The molecule has 58 heavy (non-hydrogen) atoms. The molecule has 5 heteroatoms. The maximum Gasteiger partial charge on any atom is 0.164 e. The summed E-state index contributed by atoms with van der Waals surface area (Å²) in [6.07, 6.45) is 0. The molecule has 0 saturated carbocycles. The van der Waals surface area contributed by atoms with Crippen LogP contribution >= 0.6 is 0 Å². The van der Waals surface area contributed by atoms with Crippen LogP contribution in [0.1, 0.15) is 0 Å². The number of aromatic nitrogens is 4. The summed E-state index contributed by atoms with van der Waals surface area (Å²) in [7, 11) is -1.85. The minimum absolute atomic E-state index is 0.645. The van der Waals surface area contributed by atoms with E-state index in [1.807, 2.05) is 60.7 Å². The van der Waals surface area contributed by atoms with E-state index in [1.54, 1.807) is 5.19 Å². The van der Waals surface area contributed by atoms with Crippen LogP contribution in [-0.4, -0.2) is 27.6 Å². The highest BCUT2D eigenvalue weighted by molar-refractivity contribution is 7.04. The molecule has 0 N–H and O–H groups in total. The van der Waals surface area contributed by atoms with Crippen LogP contribution in [0.2, 0.25) is 13.1 Å². The quantitative estimate of drug-likeness (QED) is 0.159. The summed E-state index contributed by atoms with van der Waals surface area (Å²) >= 11 is 0. The maximum absolute atomic E-state index is 5.00. The first-order valence-corrected chi connectivity index (χ1v) is 22.9. The van der Waals surface area contributed by atoms with Crippen molar-refractivity contribution in [2.45, 2.75) is 13.1 Å². The summed E-state index contributed by atoms with van der Waals surface area (Å²) in [4.78, 5) is 14.9. The number of benzene rings is 8. The van der Waals surface area contributed by atoms with Crippen molar-refractivity contribution < 1.29 is 0 Å². The van der Waals surface area contributed by atoms with E-state index >= 15 is 0 Å². The molecule has 0 saturated heterocycles. The molecule has 274 valence electrons. The smallest absolute Gasteiger partial charge is 0.164 e. The molecule has 0 spiro atoms. The molecule has 0 amide bonds. The van der Waals surface area contributed by atoms with Gasteiger partial charge in [-0.25, -0.2) is 15.0 Å². The highest BCUT2D eigenvalue weighted by Crippen LogP contribution is 2.38. The van der Waals surface area contributed by atoms with Crippen molar-refractivity contribution in [1.29, 1.82) is 0 Å². The Labute approximate surface area is 338 Å². The minimum atomic E-state index is -1.85. The van der Waals surface area contributed by atoms with Crippen LogP contribution in [0.15, 0.2) is 194 Å². The molecule has 0 aliphatic carbocycles. The Balaban J connectivity index is 0.983. The van der Waals surface area contributed by atoms with E-state index in [2.05, 4.69) is 151 Å². The third-order valence-corrected chi connectivity index (χ3v) is 15.4. The fourth-order valence-corrected chi connectivity index (χ4v) is 12.6. The lowest BCUT2D eigenvalue weighted by molar-refractivity contribution is 1.07. The van der Waals surface area contributed by atoms with Crippen molar-refractivity contribution >= 4 is 40.3 Å². The van der Waals surface area contributed by atoms with Crippen molar-refractivity contribution in [2.24, 2.45) is 0 Å². The molecule has 1 aliphatic rings. The predicted molar refractivity (Wildman–Crippen MR) is 244 cm³/mol. The highest BCUT2D eigenvalue weighted by atomic mass is 28.3. The largest absolute Gasteiger partial charge is 0.309 e. The van der Waals surface area contributed by atoms with E-state index in [0.29, 0.717) is 17.5 Å². The number of hydrogen-bond acceptors (Lipinski definition) is 3. The van der Waals surface area contributed by atoms with Crippen LogP contribution in [0.25, 0.3) is 95.0 Å². The summed E-state index contributed by atoms with van der Waals surface area (Å²) in [6.45, 7) is 4.99. The van der Waals surface area contributed by atoms with E-state index in [1.165, 1.54) is 49.2 Å². The summed E-state index contributed by atoms with van der Waals surface area (Å²) in [5.74, 6) is 1.95. The summed E-state index contributed by atoms with van der Waals surface area (Å²) in [6, 6.07) is 69.4. The number of nitrogens with zero attached hydrogens (tertiary/aromatic N) is 4. The number of para-hydroxylation sites is 1. The van der Waals surface area contributed by atoms with Crippen LogP contribution < -0.4 is 10.4 Å². The fraction of sp³-hybridized carbons (Fsp3) is 0.0377. The van der Waals surface area contributed by atoms with Crippen LogP contribution in [0.3, 0.4) is 0 Å². The Morgan fingerprint density at radius 3 is 1.62 bits per heavy atom. The molecule has 3 heterocycles. The van der Waals surface area contributed by atoms with Gasteiger partial charge in [0.1, 0.15) is 8.07 Å². The van der Waals surface area contributed by atoms with Gasteiger partial charge in [0.25, 0.3) is 0 Å². The lowest BCUT2D eigenvalue weighted by Crippen LogP contribution is -2.50. The van der Waals surface area contributed by atoms with E-state index in [0.717, 1.165) is 33.5 Å². The van der Waals surface area contributed by atoms with Gasteiger partial charge in [0.15, 0.2) is 17.5 Å². The maximum atomic E-state index is 5.00. The molecule has 0 atom stereocenters. The van der Waals surface area contributed by atoms with E-state index in [9.17, 15) is 0 Å². The molecular formula is C53H38N4Si. The summed E-state index contributed by atoms with van der Waals surface area (Å²) < 4.78 is 2.40. The molecular weight excluding hydrogens is 721 g/mol. The van der Waals surface area contributed by atoms with Gasteiger partial charge in [-0.15, -0.1) is 0 Å². The molecule has 0 radical (unpaired) electrons. The summed E-state index contributed by atoms with van der Waals surface area (Å²) in [5, 5.41) is 5.52. The zero-order valence-corrected chi connectivity index (χ0v) is 33.3. The molecule has 0 bridgehead atoms. The Hall–Kier alpha value is -7.21. The van der Waals surface area contributed by atoms with Gasteiger partial charge in [-0.2, -0.15) is 0 Å². The first-order chi connectivity index (χ1) is 28.5. The van der Waals surface area contributed by atoms with Gasteiger partial charge in [0, 0.05) is 33.2 Å². The lowest BCUT2D eigenvalue weighted by atomic mass is 9.99. The van der Waals surface area contributed by atoms with Gasteiger partial charge in [-0.1, -0.05) is 171 Å². The average Bonchev–Trinajstić information content (AvgIpc) is 3.75. The van der Waals surface area contributed by atoms with Crippen molar-refractivity contribution in [3.63, 3.8) is 0 Å². The zero-order valence-electron chi connectivity index (χ0n) is 32.3. The average molecular weight is 759 g/mol. The number of hydrogen-bond donors (Lipinski definition) is 0. The first kappa shape index (κ1) is 34.1. The second-order valence-electron chi connectivity index (χ2n) is 15.6. The SMILES string of the molecule is C[Si]1(C)c2ccccc2-c2cccc(-c3ccc(-n4c5ccccc5c5cc(-c6cccc(-c7nc(-c8ccccc8)nc(-c8ccccc8)n7)c6)ccc54)cc3)c21. The molecule has 2 aromatic heterocycles. The van der Waals surface area contributed by atoms with E-state index in [-0.39, 0.29) is 0 Å². The lowest BCUT2D eigenvalue weighted by Gasteiger charge is -2.22. The monoisotopic (exact) mass is 758 g/mol. The van der Waals surface area contributed by atoms with Crippen LogP contribution in [0.4, 0.5) is 0 Å². The predicted octanol–water partition coefficient (Wildman–Crippen LogP) is 12.1. The van der Waals surface area contributed by atoms with Gasteiger partial charge >= 0.3 is 0 Å². The second kappa shape index (κ2) is 13.5. The zero-order chi connectivity index (χ0) is 38.8. The minimum Gasteiger partial charge on any atom is -0.309 e. The Morgan fingerprint density at radius 1 is 0.362 bits per heavy atom. The molecule has 8 aromatic carbocycles. The molecule has 11 rings (SSSR count). The first-order valence-electron chi connectivity index (χ1n) is 19.9. The standard InChI is InChI=1S/C53H38N4Si/c1-58(2)49-26-12-10-22-44(49)45-24-14-23-42(50(45)58)35-27-30-41(31-28-35)57-47-25-11-9-21-43(47)46-34-39(29-32-48(46)57)38-19-13-20-40(33-38)53-55-51(36-15-5-3-6-16-36)54-52(56-53)37-17-7-4-8-18-37/h3-34H,1-2H3. The van der Waals surface area contributed by atoms with Crippen LogP contribution in [0.5, 0.6) is 0 Å². The van der Waals surface area contributed by atoms with E-state index in [4.69, 9.17) is 15.0 Å². The van der Waals surface area contributed by atoms with Gasteiger partial charge < -0.3 is 4.57 Å². The number of rotatable bonds is 6. The number of fused-ring (bicyclic) bond motifs is 6. The Bertz CT molecular complexity index is 3130. The van der Waals surface area contributed by atoms with Crippen LogP contribution in [-0.2, 0) is 0 Å². The third kappa shape index (κ3) is 5.54. The normalized spacial score (nSPS) is 12.8. The molecule has 10 aromatic rings.